The number of esters is 1. The number of fused-ring (bicyclic) bond motifs is 1. The number of aryl methyl sites for hydroxylation is 1. The second kappa shape index (κ2) is 6.41. The van der Waals surface area contributed by atoms with Gasteiger partial charge in [0.2, 0.25) is 5.91 Å². The van der Waals surface area contributed by atoms with Gasteiger partial charge in [0.1, 0.15) is 6.04 Å². The van der Waals surface area contributed by atoms with Gasteiger partial charge in [-0.3, -0.25) is 4.79 Å². The number of benzene rings is 1. The fourth-order valence-corrected chi connectivity index (χ4v) is 2.24. The summed E-state index contributed by atoms with van der Waals surface area (Å²) < 4.78 is 4.96. The molecule has 108 valence electrons. The molecule has 0 spiro atoms. The van der Waals surface area contributed by atoms with Crippen molar-refractivity contribution in [3.8, 4) is 0 Å². The molecular formula is C15H20N2O3. The zero-order chi connectivity index (χ0) is 14.5. The Labute approximate surface area is 118 Å². The number of carbonyl (C=O) groups excluding carboxylic acids is 2. The van der Waals surface area contributed by atoms with Gasteiger partial charge in [-0.1, -0.05) is 0 Å². The highest BCUT2D eigenvalue weighted by molar-refractivity contribution is 5.92. The van der Waals surface area contributed by atoms with Crippen molar-refractivity contribution in [2.75, 3.05) is 17.2 Å². The largest absolute Gasteiger partial charge is 0.464 e. The Hall–Kier alpha value is -2.04. The van der Waals surface area contributed by atoms with Gasteiger partial charge in [-0.05, 0) is 50.5 Å². The predicted octanol–water partition coefficient (Wildman–Crippen LogP) is 2.32. The Balaban J connectivity index is 2.09. The van der Waals surface area contributed by atoms with E-state index in [4.69, 9.17) is 4.74 Å². The zero-order valence-corrected chi connectivity index (χ0v) is 11.9. The van der Waals surface area contributed by atoms with Gasteiger partial charge in [-0.15, -0.1) is 0 Å². The van der Waals surface area contributed by atoms with Gasteiger partial charge >= 0.3 is 5.97 Å². The Kier molecular flexibility index (Phi) is 4.61. The molecule has 0 saturated heterocycles. The third kappa shape index (κ3) is 3.50. The summed E-state index contributed by atoms with van der Waals surface area (Å²) in [5.74, 6) is -0.208. The Morgan fingerprint density at radius 1 is 1.45 bits per heavy atom. The zero-order valence-electron chi connectivity index (χ0n) is 11.9. The molecule has 0 aromatic heterocycles. The number of rotatable bonds is 4. The second-order valence-electron chi connectivity index (χ2n) is 4.89. The lowest BCUT2D eigenvalue weighted by molar-refractivity contribution is -0.143. The summed E-state index contributed by atoms with van der Waals surface area (Å²) in [5.41, 5.74) is 2.82. The molecule has 5 heteroatoms. The van der Waals surface area contributed by atoms with E-state index in [0.717, 1.165) is 29.8 Å². The van der Waals surface area contributed by atoms with Gasteiger partial charge in [-0.2, -0.15) is 0 Å². The van der Waals surface area contributed by atoms with E-state index < -0.39 is 6.04 Å². The van der Waals surface area contributed by atoms with E-state index in [-0.39, 0.29) is 11.9 Å². The molecule has 0 aliphatic carbocycles. The maximum atomic E-state index is 11.6. The standard InChI is InChI=1S/C15H20N2O3/c1-3-20-15(19)10(2)16-12-7-8-13-11(9-12)5-4-6-14(18)17-13/h7-10,16H,3-6H2,1-2H3,(H,17,18)/t10-/m1/s1. The van der Waals surface area contributed by atoms with Crippen LogP contribution < -0.4 is 10.6 Å². The average molecular weight is 276 g/mol. The summed E-state index contributed by atoms with van der Waals surface area (Å²) in [6.07, 6.45) is 2.25. The predicted molar refractivity (Wildman–Crippen MR) is 77.7 cm³/mol. The fourth-order valence-electron chi connectivity index (χ4n) is 2.24. The molecule has 5 nitrogen and oxygen atoms in total. The number of carbonyl (C=O) groups is 2. The number of hydrogen-bond acceptors (Lipinski definition) is 4. The molecule has 1 aliphatic heterocycles. The highest BCUT2D eigenvalue weighted by atomic mass is 16.5. The van der Waals surface area contributed by atoms with E-state index in [1.54, 1.807) is 13.8 Å². The first-order valence-corrected chi connectivity index (χ1v) is 6.96. The lowest BCUT2D eigenvalue weighted by Crippen LogP contribution is -2.28. The lowest BCUT2D eigenvalue weighted by Gasteiger charge is -2.15. The van der Waals surface area contributed by atoms with Crippen LogP contribution in [0.1, 0.15) is 32.3 Å². The van der Waals surface area contributed by atoms with Crippen molar-refractivity contribution in [1.82, 2.24) is 0 Å². The molecule has 0 fully saturated rings. The van der Waals surface area contributed by atoms with Crippen molar-refractivity contribution in [1.29, 1.82) is 0 Å². The number of hydrogen-bond donors (Lipinski definition) is 2. The molecule has 2 N–H and O–H groups in total. The van der Waals surface area contributed by atoms with Crippen LogP contribution >= 0.6 is 0 Å². The summed E-state index contributed by atoms with van der Waals surface area (Å²) in [6, 6.07) is 5.32. The Morgan fingerprint density at radius 3 is 3.00 bits per heavy atom. The van der Waals surface area contributed by atoms with Crippen LogP contribution in [-0.4, -0.2) is 24.5 Å². The topological polar surface area (TPSA) is 67.4 Å². The maximum Gasteiger partial charge on any atom is 0.328 e. The number of amides is 1. The molecule has 1 aromatic carbocycles. The molecule has 1 aliphatic rings. The van der Waals surface area contributed by atoms with Crippen LogP contribution in [-0.2, 0) is 20.7 Å². The molecule has 1 atom stereocenters. The van der Waals surface area contributed by atoms with Crippen LogP contribution in [0.25, 0.3) is 0 Å². The molecule has 1 heterocycles. The van der Waals surface area contributed by atoms with Gasteiger partial charge in [-0.25, -0.2) is 4.79 Å². The third-order valence-electron chi connectivity index (χ3n) is 3.25. The van der Waals surface area contributed by atoms with Gasteiger partial charge in [0, 0.05) is 17.8 Å². The molecule has 0 unspecified atom stereocenters. The second-order valence-corrected chi connectivity index (χ2v) is 4.89. The van der Waals surface area contributed by atoms with E-state index in [2.05, 4.69) is 10.6 Å². The smallest absolute Gasteiger partial charge is 0.328 e. The minimum absolute atomic E-state index is 0.0596. The summed E-state index contributed by atoms with van der Waals surface area (Å²) in [7, 11) is 0. The van der Waals surface area contributed by atoms with Crippen LogP contribution in [0.4, 0.5) is 11.4 Å². The molecule has 0 saturated carbocycles. The lowest BCUT2D eigenvalue weighted by atomic mass is 10.1. The van der Waals surface area contributed by atoms with Crippen molar-refractivity contribution < 1.29 is 14.3 Å². The van der Waals surface area contributed by atoms with Crippen LogP contribution in [0.2, 0.25) is 0 Å². The Bertz CT molecular complexity index is 514. The SMILES string of the molecule is CCOC(=O)[C@@H](C)Nc1ccc2c(c1)CCCC(=O)N2. The van der Waals surface area contributed by atoms with Gasteiger partial charge < -0.3 is 15.4 Å². The normalized spacial score (nSPS) is 15.6. The first-order valence-electron chi connectivity index (χ1n) is 6.96. The number of ether oxygens (including phenoxy) is 1. The summed E-state index contributed by atoms with van der Waals surface area (Å²) in [5, 5.41) is 6.01. The highest BCUT2D eigenvalue weighted by Gasteiger charge is 2.16. The molecule has 0 radical (unpaired) electrons. The van der Waals surface area contributed by atoms with Crippen LogP contribution in [0.15, 0.2) is 18.2 Å². The van der Waals surface area contributed by atoms with Crippen LogP contribution in [0.5, 0.6) is 0 Å². The minimum atomic E-state index is -0.395. The summed E-state index contributed by atoms with van der Waals surface area (Å²) in [6.45, 7) is 3.93. The molecule has 2 rings (SSSR count). The molecule has 0 bridgehead atoms. The fraction of sp³-hybridized carbons (Fsp3) is 0.467. The third-order valence-corrected chi connectivity index (χ3v) is 3.25. The van der Waals surface area contributed by atoms with Gasteiger partial charge in [0.05, 0.1) is 6.61 Å². The van der Waals surface area contributed by atoms with E-state index in [1.807, 2.05) is 18.2 Å². The van der Waals surface area contributed by atoms with Gasteiger partial charge in [0.25, 0.3) is 0 Å². The molecule has 20 heavy (non-hydrogen) atoms. The van der Waals surface area contributed by atoms with Crippen LogP contribution in [0, 0.1) is 0 Å². The maximum absolute atomic E-state index is 11.6. The summed E-state index contributed by atoms with van der Waals surface area (Å²) >= 11 is 0. The monoisotopic (exact) mass is 276 g/mol. The van der Waals surface area contributed by atoms with E-state index in [9.17, 15) is 9.59 Å². The van der Waals surface area contributed by atoms with Crippen molar-refractivity contribution in [3.63, 3.8) is 0 Å². The highest BCUT2D eigenvalue weighted by Crippen LogP contribution is 2.25. The van der Waals surface area contributed by atoms with Gasteiger partial charge in [0.15, 0.2) is 0 Å². The Morgan fingerprint density at radius 2 is 2.25 bits per heavy atom. The average Bonchev–Trinajstić information content (AvgIpc) is 2.59. The van der Waals surface area contributed by atoms with Crippen LogP contribution in [0.3, 0.4) is 0 Å². The van der Waals surface area contributed by atoms with E-state index >= 15 is 0 Å². The first-order chi connectivity index (χ1) is 9.60. The van der Waals surface area contributed by atoms with E-state index in [0.29, 0.717) is 13.0 Å². The minimum Gasteiger partial charge on any atom is -0.464 e. The van der Waals surface area contributed by atoms with Crippen molar-refractivity contribution in [2.45, 2.75) is 39.2 Å². The first kappa shape index (κ1) is 14.4. The molecule has 1 aromatic rings. The summed E-state index contributed by atoms with van der Waals surface area (Å²) in [4.78, 5) is 23.1. The van der Waals surface area contributed by atoms with Crippen molar-refractivity contribution >= 4 is 23.3 Å². The molecule has 1 amide bonds. The quantitative estimate of drug-likeness (QED) is 0.828. The van der Waals surface area contributed by atoms with E-state index in [1.165, 1.54) is 0 Å². The van der Waals surface area contributed by atoms with Crippen molar-refractivity contribution in [3.05, 3.63) is 23.8 Å². The number of nitrogens with one attached hydrogen (secondary N) is 2. The molecular weight excluding hydrogens is 256 g/mol. The number of anilines is 2. The van der Waals surface area contributed by atoms with Crippen molar-refractivity contribution in [2.24, 2.45) is 0 Å².